The highest BCUT2D eigenvalue weighted by Gasteiger charge is 2.24. The molecule has 3 atom stereocenters. The first-order valence-corrected chi connectivity index (χ1v) is 4.21. The number of carbonyl (C=O) groups excluding carboxylic acids is 2. The molecule has 3 heteroatoms. The third-order valence-electron chi connectivity index (χ3n) is 2.14. The zero-order chi connectivity index (χ0) is 9.72. The van der Waals surface area contributed by atoms with Crippen molar-refractivity contribution in [2.75, 3.05) is 0 Å². The monoisotopic (exact) mass is 172 g/mol. The quantitative estimate of drug-likeness (QED) is 0.493. The highest BCUT2D eigenvalue weighted by atomic mass is 16.3. The minimum atomic E-state index is -0.675. The second kappa shape index (κ2) is 5.04. The molecule has 0 aliphatic carbocycles. The van der Waals surface area contributed by atoms with Crippen molar-refractivity contribution in [3.05, 3.63) is 0 Å². The van der Waals surface area contributed by atoms with Crippen LogP contribution in [0.3, 0.4) is 0 Å². The molecule has 0 saturated carbocycles. The fraction of sp³-hybridized carbons (Fsp3) is 0.778. The molecule has 0 spiro atoms. The summed E-state index contributed by atoms with van der Waals surface area (Å²) in [6.07, 6.45) is 0.493. The summed E-state index contributed by atoms with van der Waals surface area (Å²) in [7, 11) is 0. The molecule has 1 N–H and O–H groups in total. The summed E-state index contributed by atoms with van der Waals surface area (Å²) in [5, 5.41) is 9.09. The molecule has 0 radical (unpaired) electrons. The lowest BCUT2D eigenvalue weighted by molar-refractivity contribution is -0.132. The summed E-state index contributed by atoms with van der Waals surface area (Å²) in [6.45, 7) is 4.98. The Balaban J connectivity index is 4.25. The van der Waals surface area contributed by atoms with E-state index in [1.807, 2.05) is 0 Å². The normalized spacial score (nSPS) is 18.0. The van der Waals surface area contributed by atoms with Gasteiger partial charge < -0.3 is 9.90 Å². The molecule has 0 aromatic rings. The van der Waals surface area contributed by atoms with E-state index < -0.39 is 17.9 Å². The number of hydrogen-bond donors (Lipinski definition) is 1. The van der Waals surface area contributed by atoms with E-state index in [1.54, 1.807) is 20.8 Å². The van der Waals surface area contributed by atoms with Crippen LogP contribution in [0.15, 0.2) is 0 Å². The van der Waals surface area contributed by atoms with Crippen LogP contribution in [0.4, 0.5) is 0 Å². The second-order valence-electron chi connectivity index (χ2n) is 3.08. The van der Waals surface area contributed by atoms with E-state index >= 15 is 0 Å². The van der Waals surface area contributed by atoms with Crippen molar-refractivity contribution in [3.8, 4) is 0 Å². The lowest BCUT2D eigenvalue weighted by Crippen LogP contribution is -2.29. The molecule has 0 fully saturated rings. The van der Waals surface area contributed by atoms with Gasteiger partial charge in [0.1, 0.15) is 12.1 Å². The number of ketones is 1. The fourth-order valence-electron chi connectivity index (χ4n) is 0.940. The minimum Gasteiger partial charge on any atom is -0.393 e. The number of carbonyl (C=O) groups is 2. The Hall–Kier alpha value is -0.700. The molecule has 0 amide bonds. The van der Waals surface area contributed by atoms with Crippen LogP contribution in [-0.2, 0) is 9.59 Å². The van der Waals surface area contributed by atoms with E-state index in [4.69, 9.17) is 5.11 Å². The fourth-order valence-corrected chi connectivity index (χ4v) is 0.940. The van der Waals surface area contributed by atoms with Crippen LogP contribution in [0.5, 0.6) is 0 Å². The average molecular weight is 172 g/mol. The summed E-state index contributed by atoms with van der Waals surface area (Å²) in [4.78, 5) is 21.8. The lowest BCUT2D eigenvalue weighted by atomic mass is 9.90. The Morgan fingerprint density at radius 1 is 1.50 bits per heavy atom. The molecular weight excluding hydrogens is 156 g/mol. The molecule has 12 heavy (non-hydrogen) atoms. The van der Waals surface area contributed by atoms with E-state index in [9.17, 15) is 9.59 Å². The standard InChI is InChI=1S/C9H16O3/c1-4-8(5-10)9(12)6(2)7(3)11/h5-8,11H,4H2,1-3H3. The molecule has 3 nitrogen and oxygen atoms in total. The first-order valence-electron chi connectivity index (χ1n) is 4.21. The van der Waals surface area contributed by atoms with E-state index in [0.717, 1.165) is 0 Å². The maximum absolute atomic E-state index is 11.4. The number of hydrogen-bond acceptors (Lipinski definition) is 3. The molecule has 0 saturated heterocycles. The van der Waals surface area contributed by atoms with Crippen molar-refractivity contribution in [1.82, 2.24) is 0 Å². The van der Waals surface area contributed by atoms with Gasteiger partial charge in [0.05, 0.1) is 12.0 Å². The Morgan fingerprint density at radius 2 is 2.00 bits per heavy atom. The molecule has 0 rings (SSSR count). The highest BCUT2D eigenvalue weighted by Crippen LogP contribution is 2.12. The molecule has 0 bridgehead atoms. The zero-order valence-corrected chi connectivity index (χ0v) is 7.78. The Morgan fingerprint density at radius 3 is 2.25 bits per heavy atom. The second-order valence-corrected chi connectivity index (χ2v) is 3.08. The minimum absolute atomic E-state index is 0.164. The summed E-state index contributed by atoms with van der Waals surface area (Å²) < 4.78 is 0. The smallest absolute Gasteiger partial charge is 0.148 e. The summed E-state index contributed by atoms with van der Waals surface area (Å²) >= 11 is 0. The van der Waals surface area contributed by atoms with Crippen molar-refractivity contribution in [1.29, 1.82) is 0 Å². The van der Waals surface area contributed by atoms with Crippen molar-refractivity contribution in [2.24, 2.45) is 11.8 Å². The Labute approximate surface area is 72.8 Å². The number of aliphatic hydroxyl groups excluding tert-OH is 1. The Kier molecular flexibility index (Phi) is 4.74. The van der Waals surface area contributed by atoms with Crippen LogP contribution in [-0.4, -0.2) is 23.3 Å². The van der Waals surface area contributed by atoms with Gasteiger partial charge in [-0.1, -0.05) is 13.8 Å². The maximum atomic E-state index is 11.4. The average Bonchev–Trinajstić information content (AvgIpc) is 2.05. The van der Waals surface area contributed by atoms with Crippen molar-refractivity contribution in [2.45, 2.75) is 33.3 Å². The number of Topliss-reactive ketones (excluding diaryl/α,β-unsaturated/α-hetero) is 1. The summed E-state index contributed by atoms with van der Waals surface area (Å²) in [5.74, 6) is -1.16. The van der Waals surface area contributed by atoms with Gasteiger partial charge in [-0.25, -0.2) is 0 Å². The van der Waals surface area contributed by atoms with Gasteiger partial charge in [0, 0.05) is 5.92 Å². The third-order valence-corrected chi connectivity index (χ3v) is 2.14. The van der Waals surface area contributed by atoms with Crippen LogP contribution in [0.25, 0.3) is 0 Å². The molecule has 0 aromatic carbocycles. The summed E-state index contributed by atoms with van der Waals surface area (Å²) in [6, 6.07) is 0. The van der Waals surface area contributed by atoms with E-state index in [2.05, 4.69) is 0 Å². The molecule has 0 aliphatic heterocycles. The largest absolute Gasteiger partial charge is 0.393 e. The van der Waals surface area contributed by atoms with Crippen molar-refractivity contribution >= 4 is 12.1 Å². The number of aldehydes is 1. The van der Waals surface area contributed by atoms with Gasteiger partial charge in [-0.3, -0.25) is 4.79 Å². The van der Waals surface area contributed by atoms with Gasteiger partial charge in [0.25, 0.3) is 0 Å². The van der Waals surface area contributed by atoms with Gasteiger partial charge in [-0.15, -0.1) is 0 Å². The van der Waals surface area contributed by atoms with Crippen molar-refractivity contribution in [3.63, 3.8) is 0 Å². The van der Waals surface area contributed by atoms with Crippen LogP contribution in [0.1, 0.15) is 27.2 Å². The molecule has 0 aliphatic rings. The molecule has 70 valence electrons. The van der Waals surface area contributed by atoms with E-state index in [1.165, 1.54) is 0 Å². The zero-order valence-electron chi connectivity index (χ0n) is 7.78. The number of rotatable bonds is 5. The first kappa shape index (κ1) is 11.3. The SMILES string of the molecule is CCC(C=O)C(=O)C(C)C(C)O. The molecular formula is C9H16O3. The maximum Gasteiger partial charge on any atom is 0.148 e. The summed E-state index contributed by atoms with van der Waals surface area (Å²) in [5.41, 5.74) is 0. The van der Waals surface area contributed by atoms with Crippen LogP contribution < -0.4 is 0 Å². The molecule has 0 aromatic heterocycles. The molecule has 0 heterocycles. The van der Waals surface area contributed by atoms with Gasteiger partial charge in [0.2, 0.25) is 0 Å². The lowest BCUT2D eigenvalue weighted by Gasteiger charge is -2.16. The van der Waals surface area contributed by atoms with E-state index in [-0.39, 0.29) is 5.78 Å². The van der Waals surface area contributed by atoms with Gasteiger partial charge in [-0.05, 0) is 13.3 Å². The van der Waals surface area contributed by atoms with Crippen molar-refractivity contribution < 1.29 is 14.7 Å². The topological polar surface area (TPSA) is 54.4 Å². The van der Waals surface area contributed by atoms with Gasteiger partial charge in [0.15, 0.2) is 0 Å². The van der Waals surface area contributed by atoms with Crippen LogP contribution in [0, 0.1) is 11.8 Å². The highest BCUT2D eigenvalue weighted by molar-refractivity contribution is 5.94. The van der Waals surface area contributed by atoms with Gasteiger partial charge >= 0.3 is 0 Å². The van der Waals surface area contributed by atoms with E-state index in [0.29, 0.717) is 12.7 Å². The predicted octanol–water partition coefficient (Wildman–Crippen LogP) is 0.797. The Bertz CT molecular complexity index is 163. The predicted molar refractivity (Wildman–Crippen MR) is 45.7 cm³/mol. The number of aliphatic hydroxyl groups is 1. The van der Waals surface area contributed by atoms with Crippen LogP contribution >= 0.6 is 0 Å². The first-order chi connectivity index (χ1) is 5.54. The molecule has 3 unspecified atom stereocenters. The van der Waals surface area contributed by atoms with Crippen LogP contribution in [0.2, 0.25) is 0 Å². The van der Waals surface area contributed by atoms with Gasteiger partial charge in [-0.2, -0.15) is 0 Å². The third kappa shape index (κ3) is 2.74.